The predicted octanol–water partition coefficient (Wildman–Crippen LogP) is 4.09. The first-order chi connectivity index (χ1) is 10.9. The van der Waals surface area contributed by atoms with E-state index in [1.807, 2.05) is 0 Å². The van der Waals surface area contributed by atoms with Gasteiger partial charge in [-0.05, 0) is 93.5 Å². The van der Waals surface area contributed by atoms with Crippen molar-refractivity contribution in [1.29, 1.82) is 0 Å². The molecule has 0 atom stereocenters. The molecule has 0 bridgehead atoms. The zero-order valence-electron chi connectivity index (χ0n) is 15.2. The molecule has 2 rings (SSSR count). The van der Waals surface area contributed by atoms with Gasteiger partial charge >= 0.3 is 0 Å². The van der Waals surface area contributed by atoms with E-state index in [0.29, 0.717) is 38.9 Å². The first-order valence-corrected chi connectivity index (χ1v) is 9.25. The number of benzene rings is 2. The van der Waals surface area contributed by atoms with Gasteiger partial charge in [0.1, 0.15) is 11.5 Å². The van der Waals surface area contributed by atoms with Gasteiger partial charge in [-0.15, -0.1) is 0 Å². The third-order valence-corrected chi connectivity index (χ3v) is 7.24. The molecule has 0 aliphatic rings. The first-order valence-electron chi connectivity index (χ1n) is 7.77. The topological polar surface area (TPSA) is 74.6 Å². The number of aromatic hydroxyl groups is 2. The quantitative estimate of drug-likeness (QED) is 0.857. The third-order valence-electron chi connectivity index (χ3n) is 5.08. The van der Waals surface area contributed by atoms with Crippen LogP contribution in [0.1, 0.15) is 38.9 Å². The molecule has 0 saturated carbocycles. The van der Waals surface area contributed by atoms with Gasteiger partial charge in [-0.1, -0.05) is 0 Å². The molecule has 0 radical (unpaired) electrons. The Morgan fingerprint density at radius 3 is 1.54 bits per heavy atom. The average Bonchev–Trinajstić information content (AvgIpc) is 2.52. The molecule has 0 aliphatic carbocycles. The Hall–Kier alpha value is -2.01. The van der Waals surface area contributed by atoms with Gasteiger partial charge in [0.2, 0.25) is 9.84 Å². The van der Waals surface area contributed by atoms with Crippen molar-refractivity contribution in [2.24, 2.45) is 0 Å². The zero-order valence-corrected chi connectivity index (χ0v) is 16.0. The van der Waals surface area contributed by atoms with Crippen molar-refractivity contribution in [2.75, 3.05) is 0 Å². The number of phenols is 2. The lowest BCUT2D eigenvalue weighted by Gasteiger charge is -2.20. The summed E-state index contributed by atoms with van der Waals surface area (Å²) in [6.07, 6.45) is 0. The third kappa shape index (κ3) is 2.47. The van der Waals surface area contributed by atoms with Crippen molar-refractivity contribution in [1.82, 2.24) is 0 Å². The molecule has 2 N–H and O–H groups in total. The second kappa shape index (κ2) is 5.81. The van der Waals surface area contributed by atoms with Crippen LogP contribution in [0.3, 0.4) is 0 Å². The van der Waals surface area contributed by atoms with E-state index in [1.54, 1.807) is 48.5 Å². The fourth-order valence-electron chi connectivity index (χ4n) is 3.08. The summed E-state index contributed by atoms with van der Waals surface area (Å²) in [6.45, 7) is 12.0. The van der Waals surface area contributed by atoms with Crippen molar-refractivity contribution < 1.29 is 18.6 Å². The maximum atomic E-state index is 13.4. The van der Waals surface area contributed by atoms with Gasteiger partial charge in [0.25, 0.3) is 0 Å². The Kier molecular flexibility index (Phi) is 4.44. The molecular weight excluding hydrogens is 324 g/mol. The van der Waals surface area contributed by atoms with E-state index in [1.165, 1.54) is 6.07 Å². The minimum atomic E-state index is -3.78. The highest BCUT2D eigenvalue weighted by molar-refractivity contribution is 7.91. The number of phenolic OH excluding ortho intramolecular Hbond substituents is 2. The molecule has 24 heavy (non-hydrogen) atoms. The van der Waals surface area contributed by atoms with Crippen LogP contribution in [0.25, 0.3) is 0 Å². The molecule has 5 heteroatoms. The van der Waals surface area contributed by atoms with Crippen molar-refractivity contribution in [3.8, 4) is 11.5 Å². The molecule has 0 saturated heterocycles. The first kappa shape index (κ1) is 18.3. The highest BCUT2D eigenvalue weighted by atomic mass is 32.2. The van der Waals surface area contributed by atoms with Crippen molar-refractivity contribution in [3.05, 3.63) is 45.0 Å². The maximum absolute atomic E-state index is 13.4. The highest BCUT2D eigenvalue weighted by Gasteiger charge is 2.29. The molecule has 0 spiro atoms. The molecule has 2 aromatic carbocycles. The van der Waals surface area contributed by atoms with Crippen LogP contribution in [0, 0.1) is 48.5 Å². The smallest absolute Gasteiger partial charge is 0.207 e. The van der Waals surface area contributed by atoms with Gasteiger partial charge in [0.15, 0.2) is 0 Å². The Bertz CT molecular complexity index is 925. The standard InChI is InChI=1S/C19H24O4S/c1-9-8-16(10(2)11(3)17(9)20)24(22,23)19-14(6)12(4)18(21)13(5)15(19)7/h8,20-21H,1-7H3. The maximum Gasteiger partial charge on any atom is 0.207 e. The summed E-state index contributed by atoms with van der Waals surface area (Å²) >= 11 is 0. The van der Waals surface area contributed by atoms with Crippen LogP contribution < -0.4 is 0 Å². The van der Waals surface area contributed by atoms with Gasteiger partial charge in [0.05, 0.1) is 9.79 Å². The fourth-order valence-corrected chi connectivity index (χ4v) is 5.30. The molecule has 0 heterocycles. The van der Waals surface area contributed by atoms with Crippen molar-refractivity contribution >= 4 is 9.84 Å². The molecule has 0 fully saturated rings. The lowest BCUT2D eigenvalue weighted by molar-refractivity contribution is 0.464. The molecule has 0 amide bonds. The summed E-state index contributed by atoms with van der Waals surface area (Å²) in [7, 11) is -3.78. The number of hydrogen-bond donors (Lipinski definition) is 2. The summed E-state index contributed by atoms with van der Waals surface area (Å²) in [4.78, 5) is 0.439. The summed E-state index contributed by atoms with van der Waals surface area (Å²) in [5.41, 5.74) is 3.88. The number of rotatable bonds is 2. The fraction of sp³-hybridized carbons (Fsp3) is 0.368. The highest BCUT2D eigenvalue weighted by Crippen LogP contribution is 2.39. The van der Waals surface area contributed by atoms with Crippen molar-refractivity contribution in [2.45, 2.75) is 58.3 Å². The van der Waals surface area contributed by atoms with E-state index in [-0.39, 0.29) is 21.3 Å². The van der Waals surface area contributed by atoms with Crippen LogP contribution in [-0.4, -0.2) is 18.6 Å². The van der Waals surface area contributed by atoms with E-state index in [0.717, 1.165) is 0 Å². The van der Waals surface area contributed by atoms with Gasteiger partial charge in [-0.3, -0.25) is 0 Å². The van der Waals surface area contributed by atoms with E-state index in [9.17, 15) is 18.6 Å². The van der Waals surface area contributed by atoms with Crippen LogP contribution in [0.2, 0.25) is 0 Å². The lowest BCUT2D eigenvalue weighted by Crippen LogP contribution is -2.11. The number of aryl methyl sites for hydroxylation is 1. The largest absolute Gasteiger partial charge is 0.507 e. The molecule has 130 valence electrons. The van der Waals surface area contributed by atoms with Gasteiger partial charge in [-0.25, -0.2) is 8.42 Å². The second-order valence-corrected chi connectivity index (χ2v) is 8.33. The van der Waals surface area contributed by atoms with Crippen LogP contribution in [-0.2, 0) is 9.84 Å². The molecule has 4 nitrogen and oxygen atoms in total. The van der Waals surface area contributed by atoms with E-state index in [4.69, 9.17) is 0 Å². The summed E-state index contributed by atoms with van der Waals surface area (Å²) in [5.74, 6) is 0.261. The van der Waals surface area contributed by atoms with Gasteiger partial charge < -0.3 is 10.2 Å². The SMILES string of the molecule is Cc1cc(S(=O)(=O)c2c(C)c(C)c(O)c(C)c2C)c(C)c(C)c1O. The van der Waals surface area contributed by atoms with Crippen molar-refractivity contribution in [3.63, 3.8) is 0 Å². The molecule has 0 aliphatic heterocycles. The lowest BCUT2D eigenvalue weighted by atomic mass is 10.00. The number of sulfone groups is 1. The summed E-state index contributed by atoms with van der Waals surface area (Å²) in [6, 6.07) is 1.52. The minimum Gasteiger partial charge on any atom is -0.507 e. The zero-order chi connectivity index (χ0) is 18.6. The Morgan fingerprint density at radius 1 is 0.667 bits per heavy atom. The van der Waals surface area contributed by atoms with E-state index >= 15 is 0 Å². The second-order valence-electron chi connectivity index (χ2n) is 6.47. The van der Waals surface area contributed by atoms with E-state index < -0.39 is 9.84 Å². The summed E-state index contributed by atoms with van der Waals surface area (Å²) < 4.78 is 26.7. The predicted molar refractivity (Wildman–Crippen MR) is 94.8 cm³/mol. The van der Waals surface area contributed by atoms with Gasteiger partial charge in [0, 0.05) is 0 Å². The van der Waals surface area contributed by atoms with E-state index in [2.05, 4.69) is 0 Å². The van der Waals surface area contributed by atoms with Crippen LogP contribution in [0.5, 0.6) is 11.5 Å². The Morgan fingerprint density at radius 2 is 1.08 bits per heavy atom. The summed E-state index contributed by atoms with van der Waals surface area (Å²) in [5, 5.41) is 20.2. The molecule has 0 unspecified atom stereocenters. The monoisotopic (exact) mass is 348 g/mol. The van der Waals surface area contributed by atoms with Crippen LogP contribution in [0.4, 0.5) is 0 Å². The average molecular weight is 348 g/mol. The molecular formula is C19H24O4S. The van der Waals surface area contributed by atoms with Gasteiger partial charge in [-0.2, -0.15) is 0 Å². The Labute approximate surface area is 143 Å². The molecule has 0 aromatic heterocycles. The number of hydrogen-bond acceptors (Lipinski definition) is 4. The van der Waals surface area contributed by atoms with Crippen LogP contribution in [0.15, 0.2) is 15.9 Å². The van der Waals surface area contributed by atoms with Crippen LogP contribution >= 0.6 is 0 Å². The normalized spacial score (nSPS) is 11.8. The Balaban J connectivity index is 2.94. The molecule has 2 aromatic rings. The minimum absolute atomic E-state index is 0.123.